The van der Waals surface area contributed by atoms with Gasteiger partial charge in [-0.15, -0.1) is 5.10 Å². The molecule has 18 heavy (non-hydrogen) atoms. The van der Waals surface area contributed by atoms with Crippen LogP contribution in [0.25, 0.3) is 10.9 Å². The van der Waals surface area contributed by atoms with Gasteiger partial charge in [-0.05, 0) is 12.1 Å². The third-order valence-corrected chi connectivity index (χ3v) is 3.25. The lowest BCUT2D eigenvalue weighted by Gasteiger charge is -2.17. The van der Waals surface area contributed by atoms with Crippen molar-refractivity contribution in [1.82, 2.24) is 4.98 Å². The number of amidine groups is 1. The van der Waals surface area contributed by atoms with Gasteiger partial charge in [0.1, 0.15) is 5.84 Å². The molecule has 0 amide bonds. The van der Waals surface area contributed by atoms with Crippen LogP contribution in [0.4, 0.5) is 0 Å². The first kappa shape index (κ1) is 10.9. The Bertz CT molecular complexity index is 652. The van der Waals surface area contributed by atoms with Crippen LogP contribution in [0.2, 0.25) is 0 Å². The summed E-state index contributed by atoms with van der Waals surface area (Å²) >= 11 is 0. The molecular weight excluding hydrogens is 224 g/mol. The molecule has 1 aliphatic rings. The largest absolute Gasteiger partial charge is 0.385 e. The number of aromatic nitrogens is 1. The standard InChI is InChI=1S/C14H14N4/c1-9-8-13(17-18-14(9)15)11-6-7-16-12-5-3-2-4-10(11)12/h2-7,9H,8H2,1H3,(H2,15,18). The summed E-state index contributed by atoms with van der Waals surface area (Å²) in [5.41, 5.74) is 8.82. The second-order valence-electron chi connectivity index (χ2n) is 4.55. The summed E-state index contributed by atoms with van der Waals surface area (Å²) < 4.78 is 0. The van der Waals surface area contributed by atoms with Crippen LogP contribution in [0.5, 0.6) is 0 Å². The van der Waals surface area contributed by atoms with Crippen LogP contribution in [0.3, 0.4) is 0 Å². The average molecular weight is 238 g/mol. The highest BCUT2D eigenvalue weighted by Crippen LogP contribution is 2.22. The molecule has 1 aromatic carbocycles. The molecule has 2 N–H and O–H groups in total. The van der Waals surface area contributed by atoms with Crippen molar-refractivity contribution in [3.63, 3.8) is 0 Å². The van der Waals surface area contributed by atoms with E-state index in [0.717, 1.165) is 28.6 Å². The van der Waals surface area contributed by atoms with Crippen molar-refractivity contribution in [2.24, 2.45) is 21.9 Å². The Morgan fingerprint density at radius 3 is 2.83 bits per heavy atom. The number of hydrogen-bond donors (Lipinski definition) is 1. The molecule has 0 spiro atoms. The first-order valence-electron chi connectivity index (χ1n) is 5.99. The zero-order valence-corrected chi connectivity index (χ0v) is 10.2. The summed E-state index contributed by atoms with van der Waals surface area (Å²) in [6.45, 7) is 2.07. The van der Waals surface area contributed by atoms with Crippen LogP contribution in [0.1, 0.15) is 18.9 Å². The van der Waals surface area contributed by atoms with Gasteiger partial charge >= 0.3 is 0 Å². The van der Waals surface area contributed by atoms with Crippen LogP contribution < -0.4 is 5.73 Å². The first-order chi connectivity index (χ1) is 8.75. The predicted octanol–water partition coefficient (Wildman–Crippen LogP) is 2.34. The molecule has 0 aliphatic carbocycles. The highest BCUT2D eigenvalue weighted by molar-refractivity contribution is 6.12. The van der Waals surface area contributed by atoms with Crippen molar-refractivity contribution in [2.75, 3.05) is 0 Å². The highest BCUT2D eigenvalue weighted by atomic mass is 15.2. The predicted molar refractivity (Wildman–Crippen MR) is 73.7 cm³/mol. The smallest absolute Gasteiger partial charge is 0.125 e. The van der Waals surface area contributed by atoms with Crippen molar-refractivity contribution in [1.29, 1.82) is 0 Å². The van der Waals surface area contributed by atoms with Crippen LogP contribution in [0, 0.1) is 5.92 Å². The minimum absolute atomic E-state index is 0.240. The van der Waals surface area contributed by atoms with Crippen molar-refractivity contribution >= 4 is 22.5 Å². The summed E-state index contributed by atoms with van der Waals surface area (Å²) in [6, 6.07) is 10.1. The maximum atomic E-state index is 5.76. The molecule has 0 radical (unpaired) electrons. The lowest BCUT2D eigenvalue weighted by Crippen LogP contribution is -2.26. The summed E-state index contributed by atoms with van der Waals surface area (Å²) in [5.74, 6) is 0.849. The van der Waals surface area contributed by atoms with E-state index in [0.29, 0.717) is 5.84 Å². The van der Waals surface area contributed by atoms with Gasteiger partial charge in [0.15, 0.2) is 0 Å². The Morgan fingerprint density at radius 2 is 2.00 bits per heavy atom. The lowest BCUT2D eigenvalue weighted by atomic mass is 9.95. The zero-order chi connectivity index (χ0) is 12.5. The molecule has 3 rings (SSSR count). The van der Waals surface area contributed by atoms with Gasteiger partial charge < -0.3 is 5.73 Å². The Hall–Kier alpha value is -2.23. The maximum absolute atomic E-state index is 5.76. The van der Waals surface area contributed by atoms with E-state index in [2.05, 4.69) is 28.2 Å². The van der Waals surface area contributed by atoms with Crippen LogP contribution in [-0.4, -0.2) is 16.5 Å². The Kier molecular flexibility index (Phi) is 2.55. The van der Waals surface area contributed by atoms with Gasteiger partial charge in [-0.3, -0.25) is 4.98 Å². The van der Waals surface area contributed by atoms with Crippen molar-refractivity contribution < 1.29 is 0 Å². The number of fused-ring (bicyclic) bond motifs is 1. The highest BCUT2D eigenvalue weighted by Gasteiger charge is 2.18. The fourth-order valence-corrected chi connectivity index (χ4v) is 2.16. The van der Waals surface area contributed by atoms with E-state index in [9.17, 15) is 0 Å². The van der Waals surface area contributed by atoms with Gasteiger partial charge in [0.25, 0.3) is 0 Å². The van der Waals surface area contributed by atoms with Gasteiger partial charge in [0.05, 0.1) is 11.2 Å². The van der Waals surface area contributed by atoms with E-state index >= 15 is 0 Å². The molecule has 4 heteroatoms. The molecule has 1 atom stereocenters. The molecular formula is C14H14N4. The Morgan fingerprint density at radius 1 is 1.17 bits per heavy atom. The molecule has 0 fully saturated rings. The quantitative estimate of drug-likeness (QED) is 0.828. The molecule has 4 nitrogen and oxygen atoms in total. The van der Waals surface area contributed by atoms with E-state index in [-0.39, 0.29) is 5.92 Å². The number of benzene rings is 1. The lowest BCUT2D eigenvalue weighted by molar-refractivity contribution is 0.780. The van der Waals surface area contributed by atoms with E-state index < -0.39 is 0 Å². The molecule has 1 aromatic heterocycles. The van der Waals surface area contributed by atoms with Crippen molar-refractivity contribution in [3.05, 3.63) is 42.1 Å². The number of nitrogens with zero attached hydrogens (tertiary/aromatic N) is 3. The molecule has 1 aliphatic heterocycles. The minimum Gasteiger partial charge on any atom is -0.385 e. The molecule has 0 saturated heterocycles. The average Bonchev–Trinajstić information content (AvgIpc) is 2.41. The summed E-state index contributed by atoms with van der Waals surface area (Å²) in [5, 5.41) is 9.38. The summed E-state index contributed by atoms with van der Waals surface area (Å²) in [7, 11) is 0. The maximum Gasteiger partial charge on any atom is 0.125 e. The Balaban J connectivity index is 2.16. The van der Waals surface area contributed by atoms with Crippen LogP contribution in [-0.2, 0) is 0 Å². The van der Waals surface area contributed by atoms with Crippen LogP contribution >= 0.6 is 0 Å². The third kappa shape index (κ3) is 1.76. The third-order valence-electron chi connectivity index (χ3n) is 3.25. The van der Waals surface area contributed by atoms with E-state index in [1.165, 1.54) is 0 Å². The number of para-hydroxylation sites is 1. The number of pyridine rings is 1. The second kappa shape index (κ2) is 4.22. The molecule has 2 heterocycles. The van der Waals surface area contributed by atoms with Crippen molar-refractivity contribution in [3.8, 4) is 0 Å². The summed E-state index contributed by atoms with van der Waals surface area (Å²) in [6.07, 6.45) is 2.63. The van der Waals surface area contributed by atoms with E-state index in [1.807, 2.05) is 30.5 Å². The fourth-order valence-electron chi connectivity index (χ4n) is 2.16. The zero-order valence-electron chi connectivity index (χ0n) is 10.2. The van der Waals surface area contributed by atoms with E-state index in [1.54, 1.807) is 0 Å². The topological polar surface area (TPSA) is 63.6 Å². The van der Waals surface area contributed by atoms with Crippen molar-refractivity contribution in [2.45, 2.75) is 13.3 Å². The molecule has 2 aromatic rings. The molecule has 0 saturated carbocycles. The van der Waals surface area contributed by atoms with Gasteiger partial charge in [-0.2, -0.15) is 5.10 Å². The SMILES string of the molecule is CC1CC(c2ccnc3ccccc23)=NN=C1N. The summed E-state index contributed by atoms with van der Waals surface area (Å²) in [4.78, 5) is 4.36. The minimum atomic E-state index is 0.240. The normalized spacial score (nSPS) is 19.5. The van der Waals surface area contributed by atoms with Gasteiger partial charge in [0, 0.05) is 29.5 Å². The fraction of sp³-hybridized carbons (Fsp3) is 0.214. The number of rotatable bonds is 1. The van der Waals surface area contributed by atoms with E-state index in [4.69, 9.17) is 5.73 Å². The van der Waals surface area contributed by atoms with Gasteiger partial charge in [-0.25, -0.2) is 0 Å². The van der Waals surface area contributed by atoms with Crippen LogP contribution in [0.15, 0.2) is 46.7 Å². The van der Waals surface area contributed by atoms with Gasteiger partial charge in [0.2, 0.25) is 0 Å². The molecule has 1 unspecified atom stereocenters. The first-order valence-corrected chi connectivity index (χ1v) is 5.99. The van der Waals surface area contributed by atoms with Gasteiger partial charge in [-0.1, -0.05) is 25.1 Å². The molecule has 90 valence electrons. The second-order valence-corrected chi connectivity index (χ2v) is 4.55. The molecule has 0 bridgehead atoms. The Labute approximate surface area is 105 Å². The number of hydrogen-bond acceptors (Lipinski definition) is 4. The monoisotopic (exact) mass is 238 g/mol. The number of nitrogens with two attached hydrogens (primary N) is 1.